The van der Waals surface area contributed by atoms with Crippen LogP contribution in [0.15, 0.2) is 54.6 Å². The van der Waals surface area contributed by atoms with E-state index in [0.29, 0.717) is 0 Å². The van der Waals surface area contributed by atoms with Crippen molar-refractivity contribution in [1.29, 1.82) is 0 Å². The minimum atomic E-state index is 1.07. The van der Waals surface area contributed by atoms with E-state index in [-0.39, 0.29) is 0 Å². The van der Waals surface area contributed by atoms with Crippen LogP contribution in [0.5, 0.6) is 0 Å². The molecule has 1 aliphatic carbocycles. The third-order valence-corrected chi connectivity index (χ3v) is 4.51. The minimum Gasteiger partial charge on any atom is -0.320 e. The molecule has 0 atom stereocenters. The molecule has 0 saturated heterocycles. The highest BCUT2D eigenvalue weighted by molar-refractivity contribution is 6.15. The van der Waals surface area contributed by atoms with Crippen molar-refractivity contribution >= 4 is 10.8 Å². The first kappa shape index (κ1) is 12.6. The maximum atomic E-state index is 3.24. The Labute approximate surface area is 125 Å². The Morgan fingerprint density at radius 3 is 2.24 bits per heavy atom. The van der Waals surface area contributed by atoms with Crippen LogP contribution in [0.3, 0.4) is 0 Å². The van der Waals surface area contributed by atoms with E-state index in [1.54, 1.807) is 0 Å². The highest BCUT2D eigenvalue weighted by atomic mass is 14.8. The topological polar surface area (TPSA) is 12.0 Å². The average molecular weight is 273 g/mol. The third-order valence-electron chi connectivity index (χ3n) is 4.51. The van der Waals surface area contributed by atoms with Crippen LogP contribution in [-0.4, -0.2) is 13.6 Å². The molecule has 0 spiro atoms. The van der Waals surface area contributed by atoms with Crippen molar-refractivity contribution in [3.63, 3.8) is 0 Å². The highest BCUT2D eigenvalue weighted by Crippen LogP contribution is 2.47. The highest BCUT2D eigenvalue weighted by Gasteiger charge is 2.21. The van der Waals surface area contributed by atoms with Crippen LogP contribution < -0.4 is 5.32 Å². The van der Waals surface area contributed by atoms with Crippen LogP contribution in [0.25, 0.3) is 33.0 Å². The SMILES string of the molecule is CNCCCc1ccc2c3c(cccc13)-c1ccccc1-2. The van der Waals surface area contributed by atoms with E-state index in [1.165, 1.54) is 45.0 Å². The second kappa shape index (κ2) is 5.01. The molecule has 1 nitrogen and oxygen atoms in total. The Hall–Kier alpha value is -2.12. The number of nitrogens with one attached hydrogen (secondary N) is 1. The molecule has 0 amide bonds. The summed E-state index contributed by atoms with van der Waals surface area (Å²) in [5, 5.41) is 6.11. The second-order valence-electron chi connectivity index (χ2n) is 5.75. The van der Waals surface area contributed by atoms with Gasteiger partial charge in [-0.25, -0.2) is 0 Å². The van der Waals surface area contributed by atoms with Crippen LogP contribution in [0.2, 0.25) is 0 Å². The normalized spacial score (nSPS) is 11.9. The summed E-state index contributed by atoms with van der Waals surface area (Å²) in [7, 11) is 2.02. The summed E-state index contributed by atoms with van der Waals surface area (Å²) in [5.74, 6) is 0. The van der Waals surface area contributed by atoms with E-state index in [0.717, 1.165) is 13.0 Å². The first-order valence-corrected chi connectivity index (χ1v) is 7.69. The number of hydrogen-bond donors (Lipinski definition) is 1. The van der Waals surface area contributed by atoms with Crippen molar-refractivity contribution < 1.29 is 0 Å². The predicted molar refractivity (Wildman–Crippen MR) is 90.6 cm³/mol. The standard InChI is InChI=1S/C20H19N/c1-21-13-5-6-14-11-12-19-17-8-3-2-7-16(17)18-10-4-9-15(14)20(18)19/h2-4,7-12,21H,5-6,13H2,1H3. The number of aryl methyl sites for hydroxylation is 1. The Kier molecular flexibility index (Phi) is 3.01. The summed E-state index contributed by atoms with van der Waals surface area (Å²) in [6, 6.07) is 20.1. The van der Waals surface area contributed by atoms with Crippen LogP contribution in [0.1, 0.15) is 12.0 Å². The molecule has 0 aromatic heterocycles. The van der Waals surface area contributed by atoms with Gasteiger partial charge in [-0.2, -0.15) is 0 Å². The first-order valence-electron chi connectivity index (χ1n) is 7.69. The Morgan fingerprint density at radius 1 is 0.762 bits per heavy atom. The van der Waals surface area contributed by atoms with Gasteiger partial charge < -0.3 is 5.32 Å². The lowest BCUT2D eigenvalue weighted by molar-refractivity contribution is 0.727. The van der Waals surface area contributed by atoms with E-state index in [1.807, 2.05) is 7.05 Å². The van der Waals surface area contributed by atoms with Crippen LogP contribution >= 0.6 is 0 Å². The molecule has 0 aliphatic heterocycles. The molecular weight excluding hydrogens is 254 g/mol. The maximum Gasteiger partial charge on any atom is -0.00236 e. The van der Waals surface area contributed by atoms with Gasteiger partial charge in [0.25, 0.3) is 0 Å². The van der Waals surface area contributed by atoms with Gasteiger partial charge in [-0.1, -0.05) is 54.6 Å². The quantitative estimate of drug-likeness (QED) is 0.534. The van der Waals surface area contributed by atoms with Crippen LogP contribution in [0.4, 0.5) is 0 Å². The van der Waals surface area contributed by atoms with Gasteiger partial charge >= 0.3 is 0 Å². The van der Waals surface area contributed by atoms with Crippen molar-refractivity contribution in [3.05, 3.63) is 60.2 Å². The Bertz CT molecular complexity index is 788. The fourth-order valence-electron chi connectivity index (χ4n) is 3.54. The van der Waals surface area contributed by atoms with Gasteiger partial charge in [0.2, 0.25) is 0 Å². The lowest BCUT2D eigenvalue weighted by Gasteiger charge is -2.09. The zero-order chi connectivity index (χ0) is 14.2. The van der Waals surface area contributed by atoms with Crippen molar-refractivity contribution in [2.45, 2.75) is 12.8 Å². The molecule has 1 heteroatoms. The third kappa shape index (κ3) is 1.89. The first-order chi connectivity index (χ1) is 10.4. The lowest BCUT2D eigenvalue weighted by Crippen LogP contribution is -2.08. The fourth-order valence-corrected chi connectivity index (χ4v) is 3.54. The van der Waals surface area contributed by atoms with Crippen molar-refractivity contribution in [2.24, 2.45) is 0 Å². The van der Waals surface area contributed by atoms with Gasteiger partial charge in [0.1, 0.15) is 0 Å². The van der Waals surface area contributed by atoms with E-state index in [2.05, 4.69) is 59.9 Å². The monoisotopic (exact) mass is 273 g/mol. The van der Waals surface area contributed by atoms with E-state index >= 15 is 0 Å². The van der Waals surface area contributed by atoms with Crippen LogP contribution in [0, 0.1) is 0 Å². The lowest BCUT2D eigenvalue weighted by atomic mass is 9.96. The molecule has 104 valence electrons. The largest absolute Gasteiger partial charge is 0.320 e. The molecule has 4 rings (SSSR count). The molecule has 0 fully saturated rings. The summed E-state index contributed by atoms with van der Waals surface area (Å²) >= 11 is 0. The molecule has 0 heterocycles. The smallest absolute Gasteiger partial charge is 0.00236 e. The van der Waals surface area contributed by atoms with Crippen LogP contribution in [-0.2, 0) is 6.42 Å². The van der Waals surface area contributed by atoms with E-state index in [9.17, 15) is 0 Å². The van der Waals surface area contributed by atoms with Gasteiger partial charge in [0.15, 0.2) is 0 Å². The number of hydrogen-bond acceptors (Lipinski definition) is 1. The molecule has 1 aliphatic rings. The van der Waals surface area contributed by atoms with E-state index < -0.39 is 0 Å². The number of fused-ring (bicyclic) bond motifs is 3. The molecule has 3 aromatic carbocycles. The van der Waals surface area contributed by atoms with Crippen molar-refractivity contribution in [3.8, 4) is 22.3 Å². The zero-order valence-electron chi connectivity index (χ0n) is 12.3. The molecule has 0 saturated carbocycles. The summed E-state index contributed by atoms with van der Waals surface area (Å²) in [5.41, 5.74) is 7.02. The fraction of sp³-hybridized carbons (Fsp3) is 0.200. The summed E-state index contributed by atoms with van der Waals surface area (Å²) in [6.45, 7) is 1.07. The summed E-state index contributed by atoms with van der Waals surface area (Å²) in [6.07, 6.45) is 2.32. The zero-order valence-corrected chi connectivity index (χ0v) is 12.3. The molecule has 0 radical (unpaired) electrons. The van der Waals surface area contributed by atoms with Gasteiger partial charge in [-0.05, 0) is 65.0 Å². The Morgan fingerprint density at radius 2 is 1.48 bits per heavy atom. The minimum absolute atomic E-state index is 1.07. The summed E-state index contributed by atoms with van der Waals surface area (Å²) < 4.78 is 0. The molecule has 1 N–H and O–H groups in total. The molecule has 3 aromatic rings. The molecular formula is C20H19N. The van der Waals surface area contributed by atoms with Crippen molar-refractivity contribution in [2.75, 3.05) is 13.6 Å². The van der Waals surface area contributed by atoms with Gasteiger partial charge in [-0.15, -0.1) is 0 Å². The molecule has 0 bridgehead atoms. The second-order valence-corrected chi connectivity index (χ2v) is 5.75. The predicted octanol–water partition coefficient (Wildman–Crippen LogP) is 4.64. The summed E-state index contributed by atoms with van der Waals surface area (Å²) in [4.78, 5) is 0. The molecule has 0 unspecified atom stereocenters. The maximum absolute atomic E-state index is 3.24. The van der Waals surface area contributed by atoms with Gasteiger partial charge in [0, 0.05) is 0 Å². The van der Waals surface area contributed by atoms with E-state index in [4.69, 9.17) is 0 Å². The average Bonchev–Trinajstić information content (AvgIpc) is 2.86. The Balaban J connectivity index is 1.91. The van der Waals surface area contributed by atoms with Gasteiger partial charge in [0.05, 0.1) is 0 Å². The number of benzene rings is 3. The van der Waals surface area contributed by atoms with Crippen molar-refractivity contribution in [1.82, 2.24) is 5.32 Å². The van der Waals surface area contributed by atoms with Gasteiger partial charge in [-0.3, -0.25) is 0 Å². The molecule has 21 heavy (non-hydrogen) atoms. The number of rotatable bonds is 4.